The highest BCUT2D eigenvalue weighted by molar-refractivity contribution is 7.98. The van der Waals surface area contributed by atoms with Crippen LogP contribution in [0.3, 0.4) is 0 Å². The van der Waals surface area contributed by atoms with Gasteiger partial charge in [-0.05, 0) is 31.8 Å². The van der Waals surface area contributed by atoms with Crippen molar-refractivity contribution in [2.75, 3.05) is 18.6 Å². The van der Waals surface area contributed by atoms with Gasteiger partial charge in [-0.1, -0.05) is 0 Å². The molecule has 0 saturated carbocycles. The van der Waals surface area contributed by atoms with Crippen LogP contribution in [0.25, 0.3) is 0 Å². The van der Waals surface area contributed by atoms with Crippen molar-refractivity contribution in [2.24, 2.45) is 5.73 Å². The van der Waals surface area contributed by atoms with Crippen molar-refractivity contribution in [2.45, 2.75) is 56.5 Å². The van der Waals surface area contributed by atoms with Crippen LogP contribution < -0.4 is 21.7 Å². The second-order valence-corrected chi connectivity index (χ2v) is 7.67. The molecule has 0 spiro atoms. The zero-order valence-corrected chi connectivity index (χ0v) is 18.1. The van der Waals surface area contributed by atoms with Gasteiger partial charge in [0.15, 0.2) is 0 Å². The van der Waals surface area contributed by atoms with E-state index >= 15 is 0 Å². The third kappa shape index (κ3) is 11.0. The molecule has 0 aromatic heterocycles. The molecule has 0 aromatic carbocycles. The number of amides is 3. The first-order chi connectivity index (χ1) is 14.4. The van der Waals surface area contributed by atoms with Crippen molar-refractivity contribution < 1.29 is 44.4 Å². The number of hydrogen-bond acceptors (Lipinski definition) is 9. The lowest BCUT2D eigenvalue weighted by molar-refractivity contribution is -0.143. The maximum atomic E-state index is 12.5. The van der Waals surface area contributed by atoms with Gasteiger partial charge in [-0.15, -0.1) is 0 Å². The second-order valence-electron chi connectivity index (χ2n) is 6.68. The number of carboxylic acids is 2. The van der Waals surface area contributed by atoms with Crippen LogP contribution in [0.2, 0.25) is 0 Å². The molecule has 0 heterocycles. The Kier molecular flexibility index (Phi) is 13.4. The van der Waals surface area contributed by atoms with E-state index in [1.165, 1.54) is 18.7 Å². The van der Waals surface area contributed by atoms with E-state index in [0.717, 1.165) is 0 Å². The maximum Gasteiger partial charge on any atom is 0.326 e. The van der Waals surface area contributed by atoms with Crippen molar-refractivity contribution in [3.05, 3.63) is 0 Å². The first-order valence-corrected chi connectivity index (χ1v) is 10.7. The Morgan fingerprint density at radius 1 is 0.903 bits per heavy atom. The largest absolute Gasteiger partial charge is 0.481 e. The average Bonchev–Trinajstić information content (AvgIpc) is 2.70. The number of aliphatic carboxylic acids is 2. The van der Waals surface area contributed by atoms with Crippen LogP contribution in [0.5, 0.6) is 0 Å². The van der Waals surface area contributed by atoms with E-state index in [1.807, 2.05) is 0 Å². The van der Waals surface area contributed by atoms with Crippen LogP contribution in [0.1, 0.15) is 26.2 Å². The molecule has 14 heteroatoms. The van der Waals surface area contributed by atoms with Crippen molar-refractivity contribution >= 4 is 41.4 Å². The van der Waals surface area contributed by atoms with Gasteiger partial charge in [0.2, 0.25) is 17.7 Å². The molecular formula is C17H30N4O9S. The number of hydrogen-bond donors (Lipinski definition) is 8. The number of carbonyl (C=O) groups is 5. The van der Waals surface area contributed by atoms with E-state index in [-0.39, 0.29) is 12.8 Å². The molecule has 3 amide bonds. The highest BCUT2D eigenvalue weighted by Gasteiger charge is 2.30. The Labute approximate surface area is 183 Å². The van der Waals surface area contributed by atoms with Crippen molar-refractivity contribution in [1.29, 1.82) is 0 Å². The summed E-state index contributed by atoms with van der Waals surface area (Å²) < 4.78 is 0. The second kappa shape index (κ2) is 14.6. The van der Waals surface area contributed by atoms with E-state index < -0.39 is 73.0 Å². The minimum absolute atomic E-state index is 0.100. The Balaban J connectivity index is 5.24. The normalized spacial score (nSPS) is 15.6. The number of aliphatic hydroxyl groups is 2. The summed E-state index contributed by atoms with van der Waals surface area (Å²) in [5.41, 5.74) is 5.47. The van der Waals surface area contributed by atoms with Gasteiger partial charge in [-0.2, -0.15) is 11.8 Å². The summed E-state index contributed by atoms with van der Waals surface area (Å²) in [5, 5.41) is 43.3. The van der Waals surface area contributed by atoms with Gasteiger partial charge in [0, 0.05) is 6.42 Å². The number of aliphatic hydroxyl groups excluding tert-OH is 2. The van der Waals surface area contributed by atoms with E-state index in [1.54, 1.807) is 6.26 Å². The van der Waals surface area contributed by atoms with Gasteiger partial charge < -0.3 is 42.1 Å². The molecule has 5 unspecified atom stereocenters. The number of carbonyl (C=O) groups excluding carboxylic acids is 3. The third-order valence-corrected chi connectivity index (χ3v) is 4.79. The molecule has 0 fully saturated rings. The fourth-order valence-electron chi connectivity index (χ4n) is 2.26. The van der Waals surface area contributed by atoms with Gasteiger partial charge in [0.05, 0.1) is 12.7 Å². The molecule has 0 rings (SSSR count). The maximum absolute atomic E-state index is 12.5. The molecule has 178 valence electrons. The minimum Gasteiger partial charge on any atom is -0.481 e. The predicted molar refractivity (Wildman–Crippen MR) is 110 cm³/mol. The van der Waals surface area contributed by atoms with Crippen LogP contribution in [-0.4, -0.2) is 99.0 Å². The Bertz CT molecular complexity index is 647. The standard InChI is InChI=1S/C17H30N4O9S/c1-8(23)13(18)16(28)21-11(7-22)15(27)19-9(5-6-31-2)14(26)20-10(17(29)30)3-4-12(24)25/h8-11,13,22-23H,3-7,18H2,1-2H3,(H,19,27)(H,20,26)(H,21,28)(H,24,25)(H,29,30). The van der Waals surface area contributed by atoms with Gasteiger partial charge >= 0.3 is 11.9 Å². The monoisotopic (exact) mass is 466 g/mol. The van der Waals surface area contributed by atoms with Gasteiger partial charge in [0.25, 0.3) is 0 Å². The van der Waals surface area contributed by atoms with E-state index in [4.69, 9.17) is 10.8 Å². The minimum atomic E-state index is -1.48. The zero-order valence-electron chi connectivity index (χ0n) is 17.2. The summed E-state index contributed by atoms with van der Waals surface area (Å²) in [6.45, 7) is 0.446. The first kappa shape index (κ1) is 28.6. The zero-order chi connectivity index (χ0) is 24.1. The lowest BCUT2D eigenvalue weighted by atomic mass is 10.1. The molecule has 0 radical (unpaired) electrons. The SMILES string of the molecule is CSCCC(NC(=O)C(CO)NC(=O)C(N)C(C)O)C(=O)NC(CCC(=O)O)C(=O)O. The topological polar surface area (TPSA) is 228 Å². The van der Waals surface area contributed by atoms with Gasteiger partial charge in [0.1, 0.15) is 24.2 Å². The van der Waals surface area contributed by atoms with Crippen molar-refractivity contribution in [3.63, 3.8) is 0 Å². The Hall–Kier alpha value is -2.42. The van der Waals surface area contributed by atoms with E-state index in [9.17, 15) is 39.3 Å². The highest BCUT2D eigenvalue weighted by Crippen LogP contribution is 2.05. The lowest BCUT2D eigenvalue weighted by Gasteiger charge is -2.24. The van der Waals surface area contributed by atoms with E-state index in [0.29, 0.717) is 5.75 Å². The number of nitrogens with one attached hydrogen (secondary N) is 3. The highest BCUT2D eigenvalue weighted by atomic mass is 32.2. The quantitative estimate of drug-likeness (QED) is 0.120. The number of nitrogens with two attached hydrogens (primary N) is 1. The summed E-state index contributed by atoms with van der Waals surface area (Å²) >= 11 is 1.36. The van der Waals surface area contributed by atoms with Gasteiger partial charge in [-0.25, -0.2) is 4.79 Å². The summed E-state index contributed by atoms with van der Waals surface area (Å²) in [4.78, 5) is 58.8. The fraction of sp³-hybridized carbons (Fsp3) is 0.706. The average molecular weight is 467 g/mol. The molecule has 0 saturated heterocycles. The molecule has 0 bridgehead atoms. The number of rotatable bonds is 15. The number of thioether (sulfide) groups is 1. The first-order valence-electron chi connectivity index (χ1n) is 9.33. The summed E-state index contributed by atoms with van der Waals surface area (Å²) in [7, 11) is 0. The third-order valence-electron chi connectivity index (χ3n) is 4.14. The molecule has 9 N–H and O–H groups in total. The van der Waals surface area contributed by atoms with Gasteiger partial charge in [-0.3, -0.25) is 19.2 Å². The molecule has 31 heavy (non-hydrogen) atoms. The Morgan fingerprint density at radius 2 is 1.42 bits per heavy atom. The molecule has 0 aliphatic carbocycles. The van der Waals surface area contributed by atoms with Crippen LogP contribution >= 0.6 is 11.8 Å². The van der Waals surface area contributed by atoms with Crippen LogP contribution in [0.4, 0.5) is 0 Å². The summed E-state index contributed by atoms with van der Waals surface area (Å²) in [6.07, 6.45) is -0.199. The molecule has 5 atom stereocenters. The smallest absolute Gasteiger partial charge is 0.326 e. The molecule has 0 aromatic rings. The van der Waals surface area contributed by atoms with Crippen molar-refractivity contribution in [3.8, 4) is 0 Å². The van der Waals surface area contributed by atoms with Crippen LogP contribution in [-0.2, 0) is 24.0 Å². The molecule has 13 nitrogen and oxygen atoms in total. The van der Waals surface area contributed by atoms with Crippen molar-refractivity contribution in [1.82, 2.24) is 16.0 Å². The summed E-state index contributed by atoms with van der Waals surface area (Å²) in [5.74, 6) is -4.93. The molecule has 0 aliphatic heterocycles. The fourth-order valence-corrected chi connectivity index (χ4v) is 2.73. The van der Waals surface area contributed by atoms with Crippen LogP contribution in [0, 0.1) is 0 Å². The lowest BCUT2D eigenvalue weighted by Crippen LogP contribution is -2.59. The number of carboxylic acid groups (broad SMARTS) is 2. The Morgan fingerprint density at radius 3 is 1.87 bits per heavy atom. The van der Waals surface area contributed by atoms with Crippen LogP contribution in [0.15, 0.2) is 0 Å². The summed E-state index contributed by atoms with van der Waals surface area (Å²) in [6, 6.07) is -5.50. The predicted octanol–water partition coefficient (Wildman–Crippen LogP) is -3.16. The molecular weight excluding hydrogens is 436 g/mol. The van der Waals surface area contributed by atoms with E-state index in [2.05, 4.69) is 16.0 Å². The molecule has 0 aliphatic rings.